The highest BCUT2D eigenvalue weighted by Crippen LogP contribution is 2.55. The van der Waals surface area contributed by atoms with Crippen LogP contribution in [0.25, 0.3) is 0 Å². The van der Waals surface area contributed by atoms with Gasteiger partial charge in [0.05, 0.1) is 6.42 Å². The maximum atomic E-state index is 13.5. The van der Waals surface area contributed by atoms with Gasteiger partial charge >= 0.3 is 23.9 Å². The van der Waals surface area contributed by atoms with Crippen molar-refractivity contribution < 1.29 is 62.4 Å². The van der Waals surface area contributed by atoms with E-state index in [1.807, 2.05) is 0 Å². The van der Waals surface area contributed by atoms with Crippen LogP contribution in [-0.2, 0) is 52.2 Å². The lowest BCUT2D eigenvalue weighted by atomic mass is 9.68. The predicted molar refractivity (Wildman–Crippen MR) is 130 cm³/mol. The van der Waals surface area contributed by atoms with Crippen LogP contribution < -0.4 is 0 Å². The van der Waals surface area contributed by atoms with Gasteiger partial charge in [-0.3, -0.25) is 9.59 Å². The van der Waals surface area contributed by atoms with Gasteiger partial charge in [-0.15, -0.1) is 0 Å². The van der Waals surface area contributed by atoms with E-state index < -0.39 is 47.6 Å². The normalized spacial score (nSPS) is 16.7. The first-order valence-electron chi connectivity index (χ1n) is 12.5. The van der Waals surface area contributed by atoms with Crippen molar-refractivity contribution in [2.45, 2.75) is 78.7 Å². The van der Waals surface area contributed by atoms with Gasteiger partial charge in [0.25, 0.3) is 5.79 Å². The minimum absolute atomic E-state index is 0.00916. The molecule has 0 aliphatic carbocycles. The van der Waals surface area contributed by atoms with E-state index in [0.717, 1.165) is 7.11 Å². The summed E-state index contributed by atoms with van der Waals surface area (Å²) in [5.74, 6) is -10.4. The lowest BCUT2D eigenvalue weighted by Crippen LogP contribution is -2.78. The predicted octanol–water partition coefficient (Wildman–Crippen LogP) is 2.45. The van der Waals surface area contributed by atoms with Crippen LogP contribution in [0.2, 0.25) is 0 Å². The molecule has 0 aliphatic rings. The fourth-order valence-electron chi connectivity index (χ4n) is 4.59. The summed E-state index contributed by atoms with van der Waals surface area (Å²) in [5, 5.41) is 21.1. The molecule has 3 atom stereocenters. The quantitative estimate of drug-likeness (QED) is 0.182. The lowest BCUT2D eigenvalue weighted by Gasteiger charge is -2.57. The monoisotopic (exact) mass is 542 g/mol. The molecular weight excluding hydrogens is 496 g/mol. The number of hydrogen-bond acceptors (Lipinski definition) is 11. The average Bonchev–Trinajstić information content (AvgIpc) is 2.82. The van der Waals surface area contributed by atoms with Crippen molar-refractivity contribution in [1.29, 1.82) is 0 Å². The van der Waals surface area contributed by atoms with Crippen LogP contribution in [0, 0.1) is 5.41 Å². The summed E-state index contributed by atoms with van der Waals surface area (Å²) in [7, 11) is 2.31. The Hall–Kier alpha value is -1.42. The molecule has 0 saturated carbocycles. The van der Waals surface area contributed by atoms with Crippen molar-refractivity contribution in [2.24, 2.45) is 5.41 Å². The van der Waals surface area contributed by atoms with E-state index in [1.54, 1.807) is 48.5 Å². The number of carboxylic acid groups (broad SMARTS) is 2. The Balaban J connectivity index is 8.17. The topological polar surface area (TPSA) is 158 Å². The van der Waals surface area contributed by atoms with Gasteiger partial charge in [0.15, 0.2) is 11.5 Å². The third-order valence-electron chi connectivity index (χ3n) is 5.48. The second-order valence-corrected chi connectivity index (χ2v) is 7.47. The SMILES string of the molecule is CCOC(OCC)(OCC)C(OC)C(CC(=O)O)(C(=O)O)C(OC)(OCC)C(OCC)(OCC)OCC. The van der Waals surface area contributed by atoms with Gasteiger partial charge in [-0.05, 0) is 48.5 Å². The van der Waals surface area contributed by atoms with Gasteiger partial charge in [0.2, 0.25) is 0 Å². The third kappa shape index (κ3) is 6.97. The molecule has 0 saturated heterocycles. The molecule has 0 rings (SSSR count). The highest BCUT2D eigenvalue weighted by atomic mass is 16.9. The van der Waals surface area contributed by atoms with Gasteiger partial charge < -0.3 is 52.8 Å². The Bertz CT molecular complexity index is 639. The molecule has 3 unspecified atom stereocenters. The van der Waals surface area contributed by atoms with Gasteiger partial charge in [-0.1, -0.05) is 0 Å². The highest BCUT2D eigenvalue weighted by Gasteiger charge is 2.79. The fourth-order valence-corrected chi connectivity index (χ4v) is 4.59. The maximum Gasteiger partial charge on any atom is 0.342 e. The number of ether oxygens (including phenoxy) is 9. The Morgan fingerprint density at radius 3 is 1.27 bits per heavy atom. The maximum absolute atomic E-state index is 13.5. The van der Waals surface area contributed by atoms with E-state index >= 15 is 0 Å². The van der Waals surface area contributed by atoms with Crippen molar-refractivity contribution >= 4 is 11.9 Å². The molecule has 2 N–H and O–H groups in total. The number of aliphatic carboxylic acids is 2. The van der Waals surface area contributed by atoms with Crippen molar-refractivity contribution in [2.75, 3.05) is 60.5 Å². The summed E-state index contributed by atoms with van der Waals surface area (Å²) < 4.78 is 53.0. The summed E-state index contributed by atoms with van der Waals surface area (Å²) >= 11 is 0. The summed E-state index contributed by atoms with van der Waals surface area (Å²) in [4.78, 5) is 26.0. The van der Waals surface area contributed by atoms with Crippen LogP contribution in [0.15, 0.2) is 0 Å². The lowest BCUT2D eigenvalue weighted by molar-refractivity contribution is -0.528. The molecule has 37 heavy (non-hydrogen) atoms. The minimum Gasteiger partial charge on any atom is -0.481 e. The van der Waals surface area contributed by atoms with Gasteiger partial charge in [-0.25, -0.2) is 0 Å². The number of carbonyl (C=O) groups is 2. The standard InChI is InChI=1S/C24H46O13/c1-10-31-22(32-11-2,33-12-3)19(29-8)21(20(27)28,17-18(25)26)23(30-9,34-13-4)24(35-14-5,36-15-6)37-16-7/h19H,10-17H2,1-9H3,(H,25,26)(H,27,28). The molecule has 13 heteroatoms. The molecule has 0 aromatic heterocycles. The van der Waals surface area contributed by atoms with Gasteiger partial charge in [-0.2, -0.15) is 0 Å². The van der Waals surface area contributed by atoms with Crippen LogP contribution in [0.5, 0.6) is 0 Å². The molecule has 0 bridgehead atoms. The van der Waals surface area contributed by atoms with Crippen molar-refractivity contribution in [3.8, 4) is 0 Å². The zero-order valence-corrected chi connectivity index (χ0v) is 23.6. The molecule has 220 valence electrons. The van der Waals surface area contributed by atoms with Crippen LogP contribution in [0.4, 0.5) is 0 Å². The molecule has 0 spiro atoms. The Kier molecular flexibility index (Phi) is 15.9. The summed E-state index contributed by atoms with van der Waals surface area (Å²) in [5.41, 5.74) is -2.72. The number of rotatable bonds is 23. The first-order valence-corrected chi connectivity index (χ1v) is 12.5. The third-order valence-corrected chi connectivity index (χ3v) is 5.48. The zero-order valence-electron chi connectivity index (χ0n) is 23.6. The van der Waals surface area contributed by atoms with E-state index in [1.165, 1.54) is 7.11 Å². The molecule has 0 fully saturated rings. The molecule has 0 radical (unpaired) electrons. The molecule has 0 amide bonds. The fraction of sp³-hybridized carbons (Fsp3) is 0.917. The van der Waals surface area contributed by atoms with Crippen LogP contribution >= 0.6 is 0 Å². The van der Waals surface area contributed by atoms with E-state index in [2.05, 4.69) is 0 Å². The molecule has 13 nitrogen and oxygen atoms in total. The molecule has 0 aromatic rings. The Morgan fingerprint density at radius 2 is 1.03 bits per heavy atom. The summed E-state index contributed by atoms with van der Waals surface area (Å²) in [6.07, 6.45) is -2.96. The second kappa shape index (κ2) is 16.5. The first-order chi connectivity index (χ1) is 17.5. The van der Waals surface area contributed by atoms with Crippen LogP contribution in [0.3, 0.4) is 0 Å². The molecule has 0 aliphatic heterocycles. The molecule has 0 heterocycles. The minimum atomic E-state index is -2.72. The first kappa shape index (κ1) is 35.6. The second-order valence-electron chi connectivity index (χ2n) is 7.47. The summed E-state index contributed by atoms with van der Waals surface area (Å²) in [6, 6.07) is 0. The van der Waals surface area contributed by atoms with Crippen molar-refractivity contribution in [1.82, 2.24) is 0 Å². The Morgan fingerprint density at radius 1 is 0.649 bits per heavy atom. The number of methoxy groups -OCH3 is 2. The van der Waals surface area contributed by atoms with Crippen molar-refractivity contribution in [3.05, 3.63) is 0 Å². The average molecular weight is 543 g/mol. The van der Waals surface area contributed by atoms with Crippen molar-refractivity contribution in [3.63, 3.8) is 0 Å². The van der Waals surface area contributed by atoms with Crippen LogP contribution in [-0.4, -0.2) is 106 Å². The highest BCUT2D eigenvalue weighted by molar-refractivity contribution is 5.84. The zero-order chi connectivity index (χ0) is 28.8. The van der Waals surface area contributed by atoms with Gasteiger partial charge in [0.1, 0.15) is 0 Å². The van der Waals surface area contributed by atoms with E-state index in [4.69, 9.17) is 42.6 Å². The molecule has 0 aromatic carbocycles. The summed E-state index contributed by atoms with van der Waals surface area (Å²) in [6.45, 7) is 11.0. The molecular formula is C24H46O13. The van der Waals surface area contributed by atoms with E-state index in [-0.39, 0.29) is 46.2 Å². The van der Waals surface area contributed by atoms with E-state index in [0.29, 0.717) is 0 Å². The number of carboxylic acids is 2. The smallest absolute Gasteiger partial charge is 0.342 e. The Labute approximate surface area is 219 Å². The number of hydrogen-bond donors (Lipinski definition) is 2. The van der Waals surface area contributed by atoms with Gasteiger partial charge in [0, 0.05) is 60.5 Å². The largest absolute Gasteiger partial charge is 0.481 e. The van der Waals surface area contributed by atoms with Crippen LogP contribution in [0.1, 0.15) is 54.9 Å². The van der Waals surface area contributed by atoms with E-state index in [9.17, 15) is 19.8 Å².